The third kappa shape index (κ3) is 11.5. The summed E-state index contributed by atoms with van der Waals surface area (Å²) >= 11 is 27.7. The molecule has 8 rings (SSSR count). The Morgan fingerprint density at radius 3 is 1.94 bits per heavy atom. The van der Waals surface area contributed by atoms with Crippen LogP contribution in [0.15, 0.2) is 65.6 Å². The Morgan fingerprint density at radius 2 is 1.39 bits per heavy atom. The molecule has 5 aliphatic heterocycles. The fourth-order valence-corrected chi connectivity index (χ4v) is 13.7. The third-order valence-corrected chi connectivity index (χ3v) is 22.0. The van der Waals surface area contributed by atoms with Crippen molar-refractivity contribution in [1.82, 2.24) is 4.90 Å². The van der Waals surface area contributed by atoms with E-state index in [4.69, 9.17) is 97.6 Å². The van der Waals surface area contributed by atoms with E-state index in [1.807, 2.05) is 72.0 Å². The molecule has 3 aromatic carbocycles. The molecule has 0 aliphatic carbocycles. The van der Waals surface area contributed by atoms with Crippen molar-refractivity contribution < 1.29 is 74.9 Å². The van der Waals surface area contributed by atoms with Crippen LogP contribution in [0, 0.1) is 5.41 Å². The molecule has 1 unspecified atom stereocenters. The van der Waals surface area contributed by atoms with E-state index in [2.05, 4.69) is 0 Å². The number of hydrogen-bond donors (Lipinski definition) is 0. The van der Waals surface area contributed by atoms with Crippen LogP contribution < -0.4 is 0 Å². The number of carbonyl (C=O) groups excluding carboxylic acids is 4. The van der Waals surface area contributed by atoms with Gasteiger partial charge in [0.15, 0.2) is 27.0 Å². The van der Waals surface area contributed by atoms with E-state index in [0.29, 0.717) is 10.5 Å². The average molecular weight is 1140 g/mol. The number of hydrogen-bond acceptors (Lipinski definition) is 17. The number of imide groups is 1. The van der Waals surface area contributed by atoms with Crippen molar-refractivity contribution in [3.63, 3.8) is 0 Å². The lowest BCUT2D eigenvalue weighted by atomic mass is 9.94. The molecule has 5 aliphatic rings. The summed E-state index contributed by atoms with van der Waals surface area (Å²) < 4.78 is 85.9. The molecule has 0 bridgehead atoms. The Balaban J connectivity index is 1.33. The molecule has 392 valence electrons. The Bertz CT molecular complexity index is 2540. The summed E-state index contributed by atoms with van der Waals surface area (Å²) in [5, 5.41) is -1.61. The largest absolute Gasteiger partial charge is 0.475 e. The zero-order valence-electron chi connectivity index (χ0n) is 40.8. The van der Waals surface area contributed by atoms with Crippen LogP contribution in [0.5, 0.6) is 0 Å². The summed E-state index contributed by atoms with van der Waals surface area (Å²) in [4.78, 5) is 57.5. The minimum atomic E-state index is -4.56. The van der Waals surface area contributed by atoms with Gasteiger partial charge in [0.1, 0.15) is 54.7 Å². The Labute approximate surface area is 443 Å². The van der Waals surface area contributed by atoms with Crippen molar-refractivity contribution in [1.29, 1.82) is 0 Å². The molecule has 4 saturated heterocycles. The highest BCUT2D eigenvalue weighted by atomic mass is 35.5. The number of fused-ring (bicyclic) bond motifs is 2. The highest BCUT2D eigenvalue weighted by molar-refractivity contribution is 7.99. The summed E-state index contributed by atoms with van der Waals surface area (Å²) in [5.74, 6) is -3.27. The van der Waals surface area contributed by atoms with Gasteiger partial charge in [-0.15, -0.1) is 0 Å². The number of rotatable bonds is 13. The smallest absolute Gasteiger partial charge is 0.463 e. The predicted molar refractivity (Wildman–Crippen MR) is 268 cm³/mol. The SMILES string of the molecule is CC(=O)OC[C@H]1O[C@H](O[C@H]2[C@@H]3OC(c4ccccc4)OC[C@H]3O[C@@H](Sc3ccccc3)[C@@H]2N2C(=O)c3c(Cl)c(Cl)c(Cl)c(Cl)c3C2=O)[C@@H](OP2(=O)OCC(C)(C)CO2)[C@@H](O[Si](C)(C)C(C)(C)C)[C@@H]1OC(C)=O. The maximum atomic E-state index is 15.1. The highest BCUT2D eigenvalue weighted by Gasteiger charge is 2.62. The van der Waals surface area contributed by atoms with Gasteiger partial charge in [-0.3, -0.25) is 37.6 Å². The lowest BCUT2D eigenvalue weighted by Crippen LogP contribution is -2.70. The molecule has 4 fully saturated rings. The zero-order valence-corrected chi connectivity index (χ0v) is 46.5. The molecule has 0 saturated carbocycles. The highest BCUT2D eigenvalue weighted by Crippen LogP contribution is 2.58. The number of ether oxygens (including phenoxy) is 7. The fourth-order valence-electron chi connectivity index (χ4n) is 8.50. The summed E-state index contributed by atoms with van der Waals surface area (Å²) in [6.45, 7) is 15.3. The van der Waals surface area contributed by atoms with Gasteiger partial charge < -0.3 is 37.6 Å². The first-order chi connectivity index (χ1) is 33.8. The summed E-state index contributed by atoms with van der Waals surface area (Å²) in [6.07, 6.45) is -12.3. The number of nitrogens with zero attached hydrogens (tertiary/aromatic N) is 1. The molecular weight excluding hydrogens is 1080 g/mol. The van der Waals surface area contributed by atoms with E-state index in [9.17, 15) is 14.2 Å². The van der Waals surface area contributed by atoms with Crippen LogP contribution in [0.2, 0.25) is 38.2 Å². The van der Waals surface area contributed by atoms with Crippen LogP contribution >= 0.6 is 66.0 Å². The standard InChI is InChI=1S/C48H56Cl4NO16PSSi/c1-24(54)59-20-28-38(63-25(2)55)40(69-72(8,9)47(3,4)5)41(68-70(58)61-22-48(6,7)23-62-70)45(64-28)67-39-36(53-42(56)30-31(43(53)57)33(50)35(52)34(51)32(30)49)46(71-27-18-14-11-15-19-27)65-29-21-60-44(66-37(29)39)26-16-12-10-13-17-26/h10-19,28-29,36-41,44-46H,20-23H2,1-9H3/t28-,29-,36-,37-,38-,39-,40+,41+,44?,45-,46+/m1/s1. The summed E-state index contributed by atoms with van der Waals surface area (Å²) in [5.41, 5.74) is -1.75. The number of phosphoric acid groups is 1. The van der Waals surface area contributed by atoms with E-state index >= 15 is 9.59 Å². The molecule has 72 heavy (non-hydrogen) atoms. The molecule has 17 nitrogen and oxygen atoms in total. The van der Waals surface area contributed by atoms with E-state index in [0.717, 1.165) is 4.90 Å². The number of amides is 2. The second-order valence-electron chi connectivity index (χ2n) is 20.2. The molecule has 0 spiro atoms. The average Bonchev–Trinajstić information content (AvgIpc) is 3.58. The lowest BCUT2D eigenvalue weighted by molar-refractivity contribution is -0.357. The van der Waals surface area contributed by atoms with Gasteiger partial charge in [-0.25, -0.2) is 4.57 Å². The van der Waals surface area contributed by atoms with Crippen LogP contribution in [0.1, 0.15) is 81.0 Å². The third-order valence-electron chi connectivity index (χ3n) is 13.2. The zero-order chi connectivity index (χ0) is 52.2. The Kier molecular flexibility index (Phi) is 16.8. The van der Waals surface area contributed by atoms with E-state index < -0.39 is 124 Å². The van der Waals surface area contributed by atoms with Crippen LogP contribution in [-0.4, -0.2) is 124 Å². The quantitative estimate of drug-likeness (QED) is 0.0392. The van der Waals surface area contributed by atoms with Gasteiger partial charge >= 0.3 is 19.8 Å². The first-order valence-electron chi connectivity index (χ1n) is 23.1. The van der Waals surface area contributed by atoms with Gasteiger partial charge in [0.2, 0.25) is 0 Å². The van der Waals surface area contributed by atoms with Crippen LogP contribution in [0.3, 0.4) is 0 Å². The second-order valence-corrected chi connectivity index (χ2v) is 29.3. The predicted octanol–water partition coefficient (Wildman–Crippen LogP) is 10.5. The first-order valence-corrected chi connectivity index (χ1v) is 29.9. The maximum Gasteiger partial charge on any atom is 0.475 e. The van der Waals surface area contributed by atoms with Crippen LogP contribution in [0.25, 0.3) is 0 Å². The van der Waals surface area contributed by atoms with Gasteiger partial charge in [0.25, 0.3) is 11.8 Å². The van der Waals surface area contributed by atoms with Gasteiger partial charge in [0, 0.05) is 29.7 Å². The molecule has 11 atom stereocenters. The number of phosphoric ester groups is 1. The van der Waals surface area contributed by atoms with E-state index in [1.165, 1.54) is 25.6 Å². The van der Waals surface area contributed by atoms with Crippen molar-refractivity contribution in [2.45, 2.75) is 138 Å². The lowest BCUT2D eigenvalue weighted by Gasteiger charge is -2.54. The maximum absolute atomic E-state index is 15.1. The minimum Gasteiger partial charge on any atom is -0.463 e. The number of benzene rings is 3. The molecule has 0 aromatic heterocycles. The van der Waals surface area contributed by atoms with Crippen molar-refractivity contribution >= 4 is 98.1 Å². The number of carbonyl (C=O) groups is 4. The summed E-state index contributed by atoms with van der Waals surface area (Å²) in [6, 6.07) is 16.6. The Morgan fingerprint density at radius 1 is 0.806 bits per heavy atom. The van der Waals surface area contributed by atoms with Crippen molar-refractivity contribution in [2.24, 2.45) is 5.41 Å². The fraction of sp³-hybridized carbons (Fsp3) is 0.542. The van der Waals surface area contributed by atoms with Crippen molar-refractivity contribution in [2.75, 3.05) is 26.4 Å². The molecule has 24 heteroatoms. The van der Waals surface area contributed by atoms with Gasteiger partial charge in [-0.2, -0.15) is 0 Å². The topological polar surface area (TPSA) is 190 Å². The first kappa shape index (κ1) is 55.6. The number of halogens is 4. The van der Waals surface area contributed by atoms with Crippen LogP contribution in [-0.2, 0) is 65.3 Å². The second kappa shape index (κ2) is 21.8. The van der Waals surface area contributed by atoms with Crippen LogP contribution in [0.4, 0.5) is 0 Å². The molecular formula is C48H56Cl4NO16PSSi. The molecule has 0 N–H and O–H groups in total. The molecule has 5 heterocycles. The van der Waals surface area contributed by atoms with E-state index in [1.54, 1.807) is 36.4 Å². The minimum absolute atomic E-state index is 0.0443. The summed E-state index contributed by atoms with van der Waals surface area (Å²) in [7, 11) is -7.57. The van der Waals surface area contributed by atoms with Crippen molar-refractivity contribution in [3.05, 3.63) is 97.4 Å². The monoisotopic (exact) mass is 1130 g/mol. The number of thioether (sulfide) groups is 1. The van der Waals surface area contributed by atoms with Crippen molar-refractivity contribution in [3.8, 4) is 0 Å². The van der Waals surface area contributed by atoms with Gasteiger partial charge in [0.05, 0.1) is 51.0 Å². The molecule has 3 aromatic rings. The normalized spacial score (nSPS) is 30.3. The number of esters is 2. The Hall–Kier alpha value is -2.66. The van der Waals surface area contributed by atoms with Gasteiger partial charge in [-0.1, -0.05) is 141 Å². The molecule has 0 radical (unpaired) electrons. The van der Waals surface area contributed by atoms with E-state index in [-0.39, 0.29) is 51.0 Å². The van der Waals surface area contributed by atoms with Gasteiger partial charge in [-0.05, 0) is 30.3 Å². The molecule has 2 amide bonds.